The van der Waals surface area contributed by atoms with Crippen LogP contribution in [0.3, 0.4) is 0 Å². The van der Waals surface area contributed by atoms with Crippen molar-refractivity contribution in [3.05, 3.63) is 77.3 Å². The smallest absolute Gasteiger partial charge is 0.414 e. The molecule has 1 unspecified atom stereocenters. The topological polar surface area (TPSA) is 124 Å². The molecule has 208 valence electrons. The van der Waals surface area contributed by atoms with E-state index in [1.807, 2.05) is 0 Å². The van der Waals surface area contributed by atoms with E-state index in [-0.39, 0.29) is 39.4 Å². The van der Waals surface area contributed by atoms with E-state index in [4.69, 9.17) is 14.9 Å². The molecule has 1 aliphatic carbocycles. The summed E-state index contributed by atoms with van der Waals surface area (Å²) in [5.41, 5.74) is 0.464. The molecule has 2 aliphatic rings. The number of rotatable bonds is 6. The summed E-state index contributed by atoms with van der Waals surface area (Å²) in [6.45, 7) is -1.37. The second kappa shape index (κ2) is 8.96. The van der Waals surface area contributed by atoms with Crippen LogP contribution in [-0.2, 0) is 11.1 Å². The Balaban J connectivity index is 1.41. The van der Waals surface area contributed by atoms with Gasteiger partial charge in [0.2, 0.25) is 0 Å². The molecule has 2 aromatic heterocycles. The van der Waals surface area contributed by atoms with Gasteiger partial charge in [-0.25, -0.2) is 18.7 Å². The van der Waals surface area contributed by atoms with E-state index in [9.17, 15) is 31.9 Å². The Morgan fingerprint density at radius 2 is 1.88 bits per heavy atom. The highest BCUT2D eigenvalue weighted by Crippen LogP contribution is 2.52. The molecule has 0 spiro atoms. The number of nitrogens with zero attached hydrogens (tertiary/aromatic N) is 2. The number of alkyl halides is 3. The number of aromatic nitrogens is 2. The lowest BCUT2D eigenvalue weighted by molar-refractivity contribution is -0.191. The summed E-state index contributed by atoms with van der Waals surface area (Å²) >= 11 is 0. The van der Waals surface area contributed by atoms with Crippen LogP contribution in [-0.4, -0.2) is 40.3 Å². The predicted octanol–water partition coefficient (Wildman–Crippen LogP) is 4.30. The maximum atomic E-state index is 14.3. The lowest BCUT2D eigenvalue weighted by Crippen LogP contribution is -2.52. The van der Waals surface area contributed by atoms with Gasteiger partial charge in [0, 0.05) is 16.7 Å². The molecule has 13 heteroatoms. The fraction of sp³-hybridized carbons (Fsp3) is 0.296. The van der Waals surface area contributed by atoms with Gasteiger partial charge in [-0.15, -0.1) is 0 Å². The number of nitrogens with two attached hydrogens (primary N) is 1. The maximum absolute atomic E-state index is 14.3. The minimum absolute atomic E-state index is 0.0401. The third kappa shape index (κ3) is 4.16. The first-order chi connectivity index (χ1) is 18.9. The van der Waals surface area contributed by atoms with E-state index in [0.717, 1.165) is 30.7 Å². The van der Waals surface area contributed by atoms with E-state index in [1.54, 1.807) is 0 Å². The number of aliphatic hydroxyl groups is 1. The highest BCUT2D eigenvalue weighted by molar-refractivity contribution is 5.97. The van der Waals surface area contributed by atoms with Crippen molar-refractivity contribution in [1.29, 1.82) is 0 Å². The average molecular weight is 560 g/mol. The van der Waals surface area contributed by atoms with Gasteiger partial charge >= 0.3 is 6.18 Å². The highest BCUT2D eigenvalue weighted by atomic mass is 19.4. The molecule has 2 aromatic carbocycles. The van der Waals surface area contributed by atoms with Crippen molar-refractivity contribution >= 4 is 17.0 Å². The quantitative estimate of drug-likeness (QED) is 0.301. The summed E-state index contributed by atoms with van der Waals surface area (Å²) in [4.78, 5) is 21.1. The van der Waals surface area contributed by atoms with Gasteiger partial charge < -0.3 is 25.3 Å². The van der Waals surface area contributed by atoms with E-state index in [0.29, 0.717) is 12.8 Å². The third-order valence-electron chi connectivity index (χ3n) is 7.39. The maximum Gasteiger partial charge on any atom is 0.414 e. The summed E-state index contributed by atoms with van der Waals surface area (Å²) in [6.07, 6.45) is -2.85. The van der Waals surface area contributed by atoms with Gasteiger partial charge in [0.25, 0.3) is 5.91 Å². The predicted molar refractivity (Wildman–Crippen MR) is 130 cm³/mol. The van der Waals surface area contributed by atoms with E-state index in [2.05, 4.69) is 15.3 Å². The van der Waals surface area contributed by atoms with Crippen LogP contribution in [0.15, 0.2) is 53.3 Å². The van der Waals surface area contributed by atoms with Gasteiger partial charge in [0.15, 0.2) is 29.1 Å². The fourth-order valence-electron chi connectivity index (χ4n) is 4.91. The van der Waals surface area contributed by atoms with Crippen molar-refractivity contribution in [3.8, 4) is 17.0 Å². The first-order valence-corrected chi connectivity index (χ1v) is 12.2. The molecule has 1 fully saturated rings. The van der Waals surface area contributed by atoms with Crippen molar-refractivity contribution in [3.63, 3.8) is 0 Å². The molecular weight excluding hydrogens is 539 g/mol. The zero-order valence-electron chi connectivity index (χ0n) is 20.6. The van der Waals surface area contributed by atoms with Crippen LogP contribution in [0.4, 0.5) is 22.0 Å². The number of amides is 1. The summed E-state index contributed by atoms with van der Waals surface area (Å²) in [7, 11) is 0. The number of carbonyl (C=O) groups is 1. The lowest BCUT2D eigenvalue weighted by atomic mass is 9.86. The van der Waals surface area contributed by atoms with Crippen molar-refractivity contribution in [2.24, 2.45) is 11.7 Å². The Bertz CT molecular complexity index is 1640. The Kier molecular flexibility index (Phi) is 5.86. The molecule has 4 aromatic rings. The molecule has 1 saturated carbocycles. The lowest BCUT2D eigenvalue weighted by Gasteiger charge is -2.31. The summed E-state index contributed by atoms with van der Waals surface area (Å²) in [5, 5.41) is 14.4. The second-order valence-electron chi connectivity index (χ2n) is 10.0. The van der Waals surface area contributed by atoms with Crippen molar-refractivity contribution in [2.75, 3.05) is 13.2 Å². The van der Waals surface area contributed by atoms with Crippen molar-refractivity contribution in [1.82, 2.24) is 15.3 Å². The number of pyridine rings is 1. The Morgan fingerprint density at radius 3 is 2.55 bits per heavy atom. The minimum Gasteiger partial charge on any atom is -0.488 e. The molecule has 2 atom stereocenters. The van der Waals surface area contributed by atoms with E-state index in [1.165, 1.54) is 18.2 Å². The standard InChI is InChI=1S/C27H21F5N4O4/c28-16-5-1-13(2-6-16)21-23-17(26(33,11-39-23)27(30,31)32)9-20(36-21)25(38,15-3-4-15)10-34-24(37)14-7-18(29)22-19(8-14)40-12-35-22/h1-2,5-9,12,15,38H,3-4,10-11,33H2,(H,34,37)/t25?,26-/m0/s1. The first kappa shape index (κ1) is 26.1. The van der Waals surface area contributed by atoms with Crippen LogP contribution in [0.5, 0.6) is 5.75 Å². The number of benzene rings is 2. The molecule has 1 amide bonds. The average Bonchev–Trinajstić information content (AvgIpc) is 3.57. The Morgan fingerprint density at radius 1 is 1.15 bits per heavy atom. The van der Waals surface area contributed by atoms with Gasteiger partial charge in [-0.05, 0) is 61.2 Å². The molecular formula is C27H21F5N4O4. The van der Waals surface area contributed by atoms with Gasteiger partial charge in [-0.3, -0.25) is 4.79 Å². The van der Waals surface area contributed by atoms with Crippen LogP contribution in [0, 0.1) is 17.6 Å². The van der Waals surface area contributed by atoms with Gasteiger partial charge in [0.1, 0.15) is 29.2 Å². The molecule has 3 heterocycles. The number of oxazole rings is 1. The molecule has 0 radical (unpaired) electrons. The number of ether oxygens (including phenoxy) is 1. The van der Waals surface area contributed by atoms with Crippen LogP contribution in [0.2, 0.25) is 0 Å². The Labute approximate surface area is 223 Å². The summed E-state index contributed by atoms with van der Waals surface area (Å²) < 4.78 is 80.8. The van der Waals surface area contributed by atoms with E-state index >= 15 is 0 Å². The monoisotopic (exact) mass is 560 g/mol. The number of carbonyl (C=O) groups excluding carboxylic acids is 1. The van der Waals surface area contributed by atoms with E-state index < -0.39 is 59.5 Å². The van der Waals surface area contributed by atoms with Gasteiger partial charge in [0.05, 0.1) is 12.2 Å². The fourth-order valence-corrected chi connectivity index (χ4v) is 4.91. The zero-order chi connectivity index (χ0) is 28.4. The molecule has 0 saturated heterocycles. The van der Waals surface area contributed by atoms with Crippen molar-refractivity contribution in [2.45, 2.75) is 30.2 Å². The van der Waals surface area contributed by atoms with Crippen LogP contribution in [0.1, 0.15) is 34.5 Å². The van der Waals surface area contributed by atoms with Gasteiger partial charge in [-0.1, -0.05) is 0 Å². The SMILES string of the molecule is N[C@@]1(C(F)(F)F)COc2c1cc(C(O)(CNC(=O)c1cc(F)c3ncoc3c1)C1CC1)nc2-c1ccc(F)cc1. The normalized spacial score (nSPS) is 20.2. The Hall–Kier alpha value is -4.10. The number of nitrogens with one attached hydrogen (secondary N) is 1. The molecule has 6 rings (SSSR count). The molecule has 0 bridgehead atoms. The number of halogens is 5. The summed E-state index contributed by atoms with van der Waals surface area (Å²) in [6, 6.07) is 8.15. The first-order valence-electron chi connectivity index (χ1n) is 12.2. The minimum atomic E-state index is -4.91. The summed E-state index contributed by atoms with van der Waals surface area (Å²) in [5.74, 6) is -2.80. The molecule has 8 nitrogen and oxygen atoms in total. The van der Waals surface area contributed by atoms with Gasteiger partial charge in [-0.2, -0.15) is 13.2 Å². The van der Waals surface area contributed by atoms with Crippen LogP contribution >= 0.6 is 0 Å². The molecule has 40 heavy (non-hydrogen) atoms. The third-order valence-corrected chi connectivity index (χ3v) is 7.39. The number of hydrogen-bond acceptors (Lipinski definition) is 7. The van der Waals surface area contributed by atoms with Crippen molar-refractivity contribution < 1.29 is 41.0 Å². The van der Waals surface area contributed by atoms with Crippen LogP contribution in [0.25, 0.3) is 22.4 Å². The highest BCUT2D eigenvalue weighted by Gasteiger charge is 2.59. The zero-order valence-corrected chi connectivity index (χ0v) is 20.6. The largest absolute Gasteiger partial charge is 0.488 e. The van der Waals surface area contributed by atoms with Crippen LogP contribution < -0.4 is 15.8 Å². The second-order valence-corrected chi connectivity index (χ2v) is 10.0. The number of fused-ring (bicyclic) bond motifs is 2. The number of hydrogen-bond donors (Lipinski definition) is 3. The molecule has 1 aliphatic heterocycles. The molecule has 4 N–H and O–H groups in total.